The maximum absolute atomic E-state index is 10.6. The fourth-order valence-electron chi connectivity index (χ4n) is 2.72. The van der Waals surface area contributed by atoms with Gasteiger partial charge in [-0.25, -0.2) is 0 Å². The van der Waals surface area contributed by atoms with Crippen LogP contribution < -0.4 is 9.47 Å². The minimum Gasteiger partial charge on any atom is -0.462 e. The van der Waals surface area contributed by atoms with Gasteiger partial charge < -0.3 is 29.2 Å². The molecule has 28 heavy (non-hydrogen) atoms. The van der Waals surface area contributed by atoms with Crippen molar-refractivity contribution in [3.63, 3.8) is 0 Å². The number of benzene rings is 2. The van der Waals surface area contributed by atoms with Gasteiger partial charge in [0.15, 0.2) is 12.2 Å². The van der Waals surface area contributed by atoms with Crippen molar-refractivity contribution < 1.29 is 29.2 Å². The molecule has 2 N–H and O–H groups in total. The maximum atomic E-state index is 10.6. The molecule has 0 unspecified atom stereocenters. The molecule has 0 radical (unpaired) electrons. The van der Waals surface area contributed by atoms with Crippen molar-refractivity contribution in [1.29, 1.82) is 0 Å². The SMILES string of the molecule is Cc1ccc(OC(=S)O[C@H]2[C@H](O)[C@H](Oc3ccc(Cl)cc3)O[C@@H](C)[C@H]2O)cc1. The summed E-state index contributed by atoms with van der Waals surface area (Å²) in [5, 5.41) is 21.3. The zero-order valence-electron chi connectivity index (χ0n) is 15.3. The predicted molar refractivity (Wildman–Crippen MR) is 108 cm³/mol. The van der Waals surface area contributed by atoms with E-state index in [1.165, 1.54) is 0 Å². The molecule has 0 bridgehead atoms. The predicted octanol–water partition coefficient (Wildman–Crippen LogP) is 3.24. The molecule has 1 saturated heterocycles. The first-order valence-corrected chi connectivity index (χ1v) is 9.51. The summed E-state index contributed by atoms with van der Waals surface area (Å²) in [7, 11) is 0. The number of thiocarbonyl (C=S) groups is 1. The molecule has 6 nitrogen and oxygen atoms in total. The standard InChI is InChI=1S/C20H21ClO6S/c1-11-3-7-15(8-4-11)26-20(28)27-18-16(22)12(2)24-19(17(18)23)25-14-9-5-13(21)6-10-14/h3-10,12,16-19,22-23H,1-2H3/t12-,16+,17-,18+,19-/m0/s1. The average Bonchev–Trinajstić information content (AvgIpc) is 2.67. The van der Waals surface area contributed by atoms with Crippen LogP contribution in [0.5, 0.6) is 11.5 Å². The summed E-state index contributed by atoms with van der Waals surface area (Å²) in [6, 6.07) is 13.8. The van der Waals surface area contributed by atoms with E-state index >= 15 is 0 Å². The van der Waals surface area contributed by atoms with Gasteiger partial charge in [-0.15, -0.1) is 0 Å². The number of rotatable bonds is 4. The number of ether oxygens (including phenoxy) is 4. The highest BCUT2D eigenvalue weighted by Gasteiger charge is 2.46. The average molecular weight is 425 g/mol. The molecule has 2 aromatic carbocycles. The lowest BCUT2D eigenvalue weighted by Crippen LogP contribution is -2.59. The number of halogens is 1. The highest BCUT2D eigenvalue weighted by molar-refractivity contribution is 7.79. The smallest absolute Gasteiger partial charge is 0.358 e. The van der Waals surface area contributed by atoms with Gasteiger partial charge in [0.1, 0.15) is 17.6 Å². The van der Waals surface area contributed by atoms with Crippen molar-refractivity contribution in [3.05, 3.63) is 59.1 Å². The number of aliphatic hydroxyl groups excluding tert-OH is 2. The molecule has 1 aliphatic heterocycles. The van der Waals surface area contributed by atoms with Crippen molar-refractivity contribution in [2.24, 2.45) is 0 Å². The fraction of sp³-hybridized carbons (Fsp3) is 0.350. The molecule has 1 heterocycles. The number of aliphatic hydroxyl groups is 2. The summed E-state index contributed by atoms with van der Waals surface area (Å²) in [5.41, 5.74) is 1.07. The lowest BCUT2D eigenvalue weighted by molar-refractivity contribution is -0.266. The third kappa shape index (κ3) is 5.12. The van der Waals surface area contributed by atoms with Crippen LogP contribution >= 0.6 is 23.8 Å². The van der Waals surface area contributed by atoms with E-state index in [1.54, 1.807) is 43.3 Å². The molecule has 2 aromatic rings. The van der Waals surface area contributed by atoms with Gasteiger partial charge in [0, 0.05) is 17.2 Å². The zero-order chi connectivity index (χ0) is 20.3. The Labute approximate surface area is 173 Å². The van der Waals surface area contributed by atoms with Crippen LogP contribution in [-0.4, -0.2) is 46.2 Å². The minimum atomic E-state index is -1.30. The lowest BCUT2D eigenvalue weighted by atomic mass is 10.00. The van der Waals surface area contributed by atoms with Gasteiger partial charge >= 0.3 is 5.24 Å². The van der Waals surface area contributed by atoms with Gasteiger partial charge in [-0.05, 0) is 50.2 Å². The van der Waals surface area contributed by atoms with Crippen molar-refractivity contribution in [1.82, 2.24) is 0 Å². The Hall–Kier alpha value is -1.90. The highest BCUT2D eigenvalue weighted by atomic mass is 35.5. The highest BCUT2D eigenvalue weighted by Crippen LogP contribution is 2.27. The molecule has 0 saturated carbocycles. The first-order chi connectivity index (χ1) is 13.3. The Kier molecular flexibility index (Phi) is 6.74. The van der Waals surface area contributed by atoms with Crippen molar-refractivity contribution in [3.8, 4) is 11.5 Å². The van der Waals surface area contributed by atoms with E-state index in [-0.39, 0.29) is 5.24 Å². The molecule has 3 rings (SSSR count). The zero-order valence-corrected chi connectivity index (χ0v) is 16.9. The summed E-state index contributed by atoms with van der Waals surface area (Å²) in [5.74, 6) is 0.947. The molecule has 1 aliphatic rings. The van der Waals surface area contributed by atoms with E-state index in [1.807, 2.05) is 19.1 Å². The van der Waals surface area contributed by atoms with Crippen LogP contribution in [0.15, 0.2) is 48.5 Å². The van der Waals surface area contributed by atoms with Crippen LogP contribution in [0.3, 0.4) is 0 Å². The van der Waals surface area contributed by atoms with E-state index in [9.17, 15) is 10.2 Å². The van der Waals surface area contributed by atoms with E-state index in [4.69, 9.17) is 42.8 Å². The van der Waals surface area contributed by atoms with Crippen molar-refractivity contribution in [2.45, 2.75) is 44.6 Å². The topological polar surface area (TPSA) is 77.4 Å². The molecule has 0 spiro atoms. The molecule has 8 heteroatoms. The molecule has 5 atom stereocenters. The first-order valence-electron chi connectivity index (χ1n) is 8.72. The monoisotopic (exact) mass is 424 g/mol. The van der Waals surface area contributed by atoms with Gasteiger partial charge in [0.2, 0.25) is 6.29 Å². The molecule has 0 aromatic heterocycles. The quantitative estimate of drug-likeness (QED) is 0.729. The van der Waals surface area contributed by atoms with E-state index in [0.29, 0.717) is 16.5 Å². The molecule has 150 valence electrons. The lowest BCUT2D eigenvalue weighted by Gasteiger charge is -2.40. The third-order valence-electron chi connectivity index (χ3n) is 4.30. The van der Waals surface area contributed by atoms with Gasteiger partial charge in [-0.3, -0.25) is 0 Å². The summed E-state index contributed by atoms with van der Waals surface area (Å²) in [6.45, 7) is 3.60. The van der Waals surface area contributed by atoms with Crippen LogP contribution in [0.4, 0.5) is 0 Å². The van der Waals surface area contributed by atoms with Crippen LogP contribution in [0, 0.1) is 6.92 Å². The third-order valence-corrected chi connectivity index (χ3v) is 4.73. The number of aryl methyl sites for hydroxylation is 1. The molecule has 1 fully saturated rings. The van der Waals surface area contributed by atoms with Gasteiger partial charge in [0.05, 0.1) is 6.10 Å². The minimum absolute atomic E-state index is 0.216. The van der Waals surface area contributed by atoms with E-state index in [0.717, 1.165) is 5.56 Å². The Morgan fingerprint density at radius 3 is 2.25 bits per heavy atom. The molecular formula is C20H21ClO6S. The Bertz CT molecular complexity index is 797. The normalized spacial score (nSPS) is 27.1. The van der Waals surface area contributed by atoms with Gasteiger partial charge in [-0.2, -0.15) is 0 Å². The fourth-order valence-corrected chi connectivity index (χ4v) is 3.05. The Balaban J connectivity index is 1.66. The van der Waals surface area contributed by atoms with Gasteiger partial charge in [-0.1, -0.05) is 29.3 Å². The van der Waals surface area contributed by atoms with Crippen LogP contribution in [0.1, 0.15) is 12.5 Å². The van der Waals surface area contributed by atoms with Crippen LogP contribution in [-0.2, 0) is 9.47 Å². The molecule has 0 amide bonds. The van der Waals surface area contributed by atoms with Crippen LogP contribution in [0.2, 0.25) is 5.02 Å². The second-order valence-electron chi connectivity index (χ2n) is 6.51. The largest absolute Gasteiger partial charge is 0.462 e. The second kappa shape index (κ2) is 9.07. The second-order valence-corrected chi connectivity index (χ2v) is 7.28. The van der Waals surface area contributed by atoms with Crippen molar-refractivity contribution >= 4 is 29.1 Å². The summed E-state index contributed by atoms with van der Waals surface area (Å²) < 4.78 is 22.2. The Morgan fingerprint density at radius 2 is 1.61 bits per heavy atom. The first kappa shape index (κ1) is 20.8. The molecule has 0 aliphatic carbocycles. The van der Waals surface area contributed by atoms with Crippen molar-refractivity contribution in [2.75, 3.05) is 0 Å². The Morgan fingerprint density at radius 1 is 1.00 bits per heavy atom. The van der Waals surface area contributed by atoms with Gasteiger partial charge in [0.25, 0.3) is 0 Å². The summed E-state index contributed by atoms with van der Waals surface area (Å²) in [6.07, 6.45) is -5.24. The molecular weight excluding hydrogens is 404 g/mol. The summed E-state index contributed by atoms with van der Waals surface area (Å²) in [4.78, 5) is 0. The number of hydrogen-bond donors (Lipinski definition) is 2. The number of hydrogen-bond acceptors (Lipinski definition) is 7. The van der Waals surface area contributed by atoms with E-state index < -0.39 is 30.7 Å². The maximum Gasteiger partial charge on any atom is 0.358 e. The van der Waals surface area contributed by atoms with Crippen LogP contribution in [0.25, 0.3) is 0 Å². The summed E-state index contributed by atoms with van der Waals surface area (Å²) >= 11 is 11.0. The van der Waals surface area contributed by atoms with E-state index in [2.05, 4.69) is 0 Å².